The third kappa shape index (κ3) is 2.98. The van der Waals surface area contributed by atoms with Gasteiger partial charge >= 0.3 is 11.9 Å². The van der Waals surface area contributed by atoms with Gasteiger partial charge in [0.2, 0.25) is 5.76 Å². The molecule has 1 amide bonds. The van der Waals surface area contributed by atoms with Gasteiger partial charge < -0.3 is 13.8 Å². The van der Waals surface area contributed by atoms with Crippen LogP contribution in [-0.2, 0) is 16.1 Å². The molecule has 7 nitrogen and oxygen atoms in total. The van der Waals surface area contributed by atoms with E-state index in [9.17, 15) is 14.0 Å². The topological polar surface area (TPSA) is 86.7 Å². The first-order chi connectivity index (χ1) is 11.5. The lowest BCUT2D eigenvalue weighted by Gasteiger charge is -2.03. The maximum absolute atomic E-state index is 14.2. The Morgan fingerprint density at radius 1 is 1.46 bits per heavy atom. The number of aryl methyl sites for hydroxylation is 1. The van der Waals surface area contributed by atoms with Gasteiger partial charge in [-0.15, -0.1) is 0 Å². The summed E-state index contributed by atoms with van der Waals surface area (Å²) in [5.41, 5.74) is 0.728. The highest BCUT2D eigenvalue weighted by Crippen LogP contribution is 2.20. The van der Waals surface area contributed by atoms with Crippen LogP contribution in [0.1, 0.15) is 16.2 Å². The minimum Gasteiger partial charge on any atom is -0.468 e. The van der Waals surface area contributed by atoms with Crippen LogP contribution in [0.5, 0.6) is 0 Å². The van der Waals surface area contributed by atoms with Crippen molar-refractivity contribution in [3.63, 3.8) is 0 Å². The Morgan fingerprint density at radius 3 is 2.92 bits per heavy atom. The van der Waals surface area contributed by atoms with Gasteiger partial charge in [-0.25, -0.2) is 4.39 Å². The van der Waals surface area contributed by atoms with E-state index in [1.165, 1.54) is 23.8 Å². The summed E-state index contributed by atoms with van der Waals surface area (Å²) in [4.78, 5) is 27.9. The maximum atomic E-state index is 14.2. The van der Waals surface area contributed by atoms with Gasteiger partial charge in [0, 0.05) is 6.07 Å². The summed E-state index contributed by atoms with van der Waals surface area (Å²) in [6.45, 7) is 1.41. The van der Waals surface area contributed by atoms with Crippen LogP contribution >= 0.6 is 11.3 Å². The van der Waals surface area contributed by atoms with Crippen molar-refractivity contribution >= 4 is 33.4 Å². The first kappa shape index (κ1) is 16.1. The zero-order valence-corrected chi connectivity index (χ0v) is 13.6. The zero-order valence-electron chi connectivity index (χ0n) is 12.8. The fraction of sp³-hybridized carbons (Fsp3) is 0.200. The number of amides is 1. The number of rotatable bonds is 3. The number of hydrogen-bond acceptors (Lipinski definition) is 6. The van der Waals surface area contributed by atoms with Crippen molar-refractivity contribution in [1.82, 2.24) is 9.72 Å². The number of aromatic nitrogens is 2. The lowest BCUT2D eigenvalue weighted by Crippen LogP contribution is -2.22. The Labute approximate surface area is 139 Å². The number of benzene rings is 1. The van der Waals surface area contributed by atoms with Gasteiger partial charge in [0.25, 0.3) is 0 Å². The molecule has 3 aromatic rings. The van der Waals surface area contributed by atoms with E-state index < -0.39 is 17.7 Å². The third-order valence-corrected chi connectivity index (χ3v) is 4.25. The molecule has 2 heterocycles. The van der Waals surface area contributed by atoms with Crippen molar-refractivity contribution in [1.29, 1.82) is 0 Å². The van der Waals surface area contributed by atoms with E-state index >= 15 is 0 Å². The molecule has 0 aliphatic rings. The standard InChI is InChI=1S/C15H12FN3O4S/c1-8-6-10(23-18-8)14(21)17-15-19(7-12(20)22-2)13-9(16)4-3-5-11(13)24-15/h3-6H,7H2,1-2H3. The number of carbonyl (C=O) groups excluding carboxylic acids is 2. The fourth-order valence-electron chi connectivity index (χ4n) is 2.12. The maximum Gasteiger partial charge on any atom is 0.325 e. The molecule has 0 atom stereocenters. The average molecular weight is 349 g/mol. The van der Waals surface area contributed by atoms with Crippen LogP contribution in [0.2, 0.25) is 0 Å². The third-order valence-electron chi connectivity index (χ3n) is 3.20. The minimum absolute atomic E-state index is 0.0324. The molecule has 0 spiro atoms. The van der Waals surface area contributed by atoms with Crippen molar-refractivity contribution < 1.29 is 23.2 Å². The fourth-order valence-corrected chi connectivity index (χ4v) is 3.16. The summed E-state index contributed by atoms with van der Waals surface area (Å²) in [6.07, 6.45) is 0. The van der Waals surface area contributed by atoms with Gasteiger partial charge in [-0.2, -0.15) is 4.99 Å². The minimum atomic E-state index is -0.666. The summed E-state index contributed by atoms with van der Waals surface area (Å²) in [6, 6.07) is 5.94. The number of thiazole rings is 1. The van der Waals surface area contributed by atoms with Crippen molar-refractivity contribution in [3.05, 3.63) is 46.3 Å². The Hall–Kier alpha value is -2.81. The normalized spacial score (nSPS) is 11.9. The summed E-state index contributed by atoms with van der Waals surface area (Å²) >= 11 is 1.09. The predicted molar refractivity (Wildman–Crippen MR) is 82.9 cm³/mol. The second-order valence-electron chi connectivity index (χ2n) is 4.88. The molecule has 0 aliphatic heterocycles. The number of hydrogen-bond donors (Lipinski definition) is 0. The molecule has 0 fully saturated rings. The van der Waals surface area contributed by atoms with E-state index in [-0.39, 0.29) is 22.6 Å². The van der Waals surface area contributed by atoms with Crippen LogP contribution in [-0.4, -0.2) is 28.7 Å². The first-order valence-electron chi connectivity index (χ1n) is 6.86. The molecule has 0 N–H and O–H groups in total. The molecule has 9 heteroatoms. The number of para-hydroxylation sites is 1. The smallest absolute Gasteiger partial charge is 0.325 e. The van der Waals surface area contributed by atoms with Gasteiger partial charge in [-0.3, -0.25) is 9.59 Å². The molecule has 0 saturated heterocycles. The number of carbonyl (C=O) groups is 2. The number of halogens is 1. The molecule has 3 rings (SSSR count). The Balaban J connectivity index is 2.17. The second-order valence-corrected chi connectivity index (χ2v) is 5.89. The van der Waals surface area contributed by atoms with Crippen LogP contribution in [0.15, 0.2) is 33.8 Å². The van der Waals surface area contributed by atoms with Gasteiger partial charge in [-0.1, -0.05) is 22.6 Å². The van der Waals surface area contributed by atoms with Crippen LogP contribution in [0.3, 0.4) is 0 Å². The molecule has 1 aromatic carbocycles. The second kappa shape index (κ2) is 6.36. The van der Waals surface area contributed by atoms with Crippen molar-refractivity contribution in [2.45, 2.75) is 13.5 Å². The Morgan fingerprint density at radius 2 is 2.25 bits per heavy atom. The monoisotopic (exact) mass is 349 g/mol. The first-order valence-corrected chi connectivity index (χ1v) is 7.68. The van der Waals surface area contributed by atoms with E-state index in [0.717, 1.165) is 11.3 Å². The zero-order chi connectivity index (χ0) is 17.3. The lowest BCUT2D eigenvalue weighted by molar-refractivity contribution is -0.141. The predicted octanol–water partition coefficient (Wildman–Crippen LogP) is 2.05. The summed E-state index contributed by atoms with van der Waals surface area (Å²) in [5, 5.41) is 3.63. The van der Waals surface area contributed by atoms with E-state index in [4.69, 9.17) is 4.52 Å². The van der Waals surface area contributed by atoms with Gasteiger partial charge in [0.15, 0.2) is 4.80 Å². The number of nitrogens with zero attached hydrogens (tertiary/aromatic N) is 3. The molecule has 0 unspecified atom stereocenters. The van der Waals surface area contributed by atoms with E-state index in [1.54, 1.807) is 19.1 Å². The number of esters is 1. The molecule has 0 saturated carbocycles. The molecule has 0 aliphatic carbocycles. The molecule has 124 valence electrons. The molecular formula is C15H12FN3O4S. The van der Waals surface area contributed by atoms with Crippen molar-refractivity contribution in [2.75, 3.05) is 7.11 Å². The van der Waals surface area contributed by atoms with E-state index in [1.807, 2.05) is 0 Å². The molecule has 0 radical (unpaired) electrons. The van der Waals surface area contributed by atoms with Crippen LogP contribution in [0.25, 0.3) is 10.2 Å². The van der Waals surface area contributed by atoms with Gasteiger partial charge in [-0.05, 0) is 19.1 Å². The SMILES string of the molecule is COC(=O)Cn1c(=NC(=O)c2cc(C)no2)sc2cccc(F)c21. The number of fused-ring (bicyclic) bond motifs is 1. The van der Waals surface area contributed by atoms with Crippen LogP contribution in [0, 0.1) is 12.7 Å². The Kier molecular flexibility index (Phi) is 4.26. The molecular weight excluding hydrogens is 337 g/mol. The van der Waals surface area contributed by atoms with Crippen molar-refractivity contribution in [2.24, 2.45) is 4.99 Å². The number of ether oxygens (including phenoxy) is 1. The van der Waals surface area contributed by atoms with Crippen LogP contribution in [0.4, 0.5) is 4.39 Å². The highest BCUT2D eigenvalue weighted by molar-refractivity contribution is 7.16. The van der Waals surface area contributed by atoms with Gasteiger partial charge in [0.1, 0.15) is 12.4 Å². The van der Waals surface area contributed by atoms with E-state index in [2.05, 4.69) is 14.9 Å². The number of methoxy groups -OCH3 is 1. The quantitative estimate of drug-likeness (QED) is 0.676. The lowest BCUT2D eigenvalue weighted by atomic mass is 10.3. The molecule has 2 aromatic heterocycles. The highest BCUT2D eigenvalue weighted by atomic mass is 32.1. The van der Waals surface area contributed by atoms with Crippen LogP contribution < -0.4 is 4.80 Å². The largest absolute Gasteiger partial charge is 0.468 e. The Bertz CT molecular complexity index is 1000. The molecule has 0 bridgehead atoms. The van der Waals surface area contributed by atoms with Gasteiger partial charge in [0.05, 0.1) is 23.0 Å². The van der Waals surface area contributed by atoms with E-state index in [0.29, 0.717) is 10.4 Å². The molecule has 24 heavy (non-hydrogen) atoms. The summed E-state index contributed by atoms with van der Waals surface area (Å²) in [7, 11) is 1.23. The summed E-state index contributed by atoms with van der Waals surface area (Å²) < 4.78 is 25.5. The summed E-state index contributed by atoms with van der Waals surface area (Å²) in [5.74, 6) is -1.80. The highest BCUT2D eigenvalue weighted by Gasteiger charge is 2.16. The van der Waals surface area contributed by atoms with Crippen molar-refractivity contribution in [3.8, 4) is 0 Å². The average Bonchev–Trinajstić information content (AvgIpc) is 3.12.